The highest BCUT2D eigenvalue weighted by atomic mass is 16.7. The lowest BCUT2D eigenvalue weighted by atomic mass is 9.80. The third-order valence-electron chi connectivity index (χ3n) is 4.47. The van der Waals surface area contributed by atoms with Gasteiger partial charge in [0, 0.05) is 23.1 Å². The minimum Gasteiger partial charge on any atom is -0.399 e. The van der Waals surface area contributed by atoms with E-state index >= 15 is 0 Å². The van der Waals surface area contributed by atoms with Crippen molar-refractivity contribution < 1.29 is 9.31 Å². The van der Waals surface area contributed by atoms with Crippen molar-refractivity contribution >= 4 is 23.6 Å². The average molecular weight is 287 g/mol. The molecule has 21 heavy (non-hydrogen) atoms. The second-order valence-electron chi connectivity index (χ2n) is 6.95. The van der Waals surface area contributed by atoms with Crippen LogP contribution < -0.4 is 5.46 Å². The van der Waals surface area contributed by atoms with Gasteiger partial charge in [-0.15, -0.1) is 0 Å². The zero-order valence-corrected chi connectivity index (χ0v) is 13.5. The van der Waals surface area contributed by atoms with E-state index in [9.17, 15) is 0 Å². The Kier molecular flexibility index (Phi) is 3.15. The Morgan fingerprint density at radius 2 is 1.71 bits per heavy atom. The van der Waals surface area contributed by atoms with E-state index in [4.69, 9.17) is 9.31 Å². The van der Waals surface area contributed by atoms with Crippen molar-refractivity contribution in [3.63, 3.8) is 0 Å². The van der Waals surface area contributed by atoms with Crippen molar-refractivity contribution in [2.75, 3.05) is 0 Å². The van der Waals surface area contributed by atoms with Crippen molar-refractivity contribution in [2.24, 2.45) is 0 Å². The molecule has 0 saturated carbocycles. The van der Waals surface area contributed by atoms with Crippen LogP contribution in [0.3, 0.4) is 0 Å². The summed E-state index contributed by atoms with van der Waals surface area (Å²) < 4.78 is 14.0. The average Bonchev–Trinajstić information content (AvgIpc) is 2.87. The summed E-state index contributed by atoms with van der Waals surface area (Å²) in [5.74, 6) is 0. The van der Waals surface area contributed by atoms with E-state index in [0.29, 0.717) is 0 Å². The van der Waals surface area contributed by atoms with Crippen molar-refractivity contribution in [1.29, 1.82) is 0 Å². The highest BCUT2D eigenvalue weighted by Gasteiger charge is 2.51. The summed E-state index contributed by atoms with van der Waals surface area (Å²) >= 11 is 0. The van der Waals surface area contributed by atoms with E-state index < -0.39 is 0 Å². The van der Waals surface area contributed by atoms with Gasteiger partial charge in [0.1, 0.15) is 0 Å². The molecule has 6 heteroatoms. The molecule has 1 aliphatic rings. The normalized spacial score (nSPS) is 20.6. The Morgan fingerprint density at radius 3 is 2.29 bits per heavy atom. The van der Waals surface area contributed by atoms with Gasteiger partial charge in [-0.1, -0.05) is 0 Å². The maximum atomic E-state index is 6.06. The smallest absolute Gasteiger partial charge is 0.399 e. The number of hydrogen-bond acceptors (Lipinski definition) is 4. The molecule has 1 saturated heterocycles. The van der Waals surface area contributed by atoms with Crippen molar-refractivity contribution in [3.05, 3.63) is 18.5 Å². The molecule has 0 aliphatic carbocycles. The molecule has 0 bridgehead atoms. The summed E-state index contributed by atoms with van der Waals surface area (Å²) in [7, 11) is -0.380. The van der Waals surface area contributed by atoms with Crippen molar-refractivity contribution in [3.8, 4) is 0 Å². The molecule has 0 spiro atoms. The third kappa shape index (κ3) is 2.26. The summed E-state index contributed by atoms with van der Waals surface area (Å²) in [6.45, 7) is 12.4. The van der Waals surface area contributed by atoms with Crippen LogP contribution in [-0.2, 0) is 9.31 Å². The number of rotatable bonds is 2. The van der Waals surface area contributed by atoms with E-state index in [1.165, 1.54) is 0 Å². The molecule has 1 aliphatic heterocycles. The predicted octanol–water partition coefficient (Wildman–Crippen LogP) is 2.31. The Bertz CT molecular complexity index is 663. The Balaban J connectivity index is 1.96. The standard InChI is InChI=1S/C15H22BN3O2/c1-10(2)19-13-11(8-18-19)7-12(9-17-13)16-20-14(3,4)15(5,6)21-16/h7-10H,1-6H3. The number of nitrogens with zero attached hydrogens (tertiary/aromatic N) is 3. The lowest BCUT2D eigenvalue weighted by Gasteiger charge is -2.32. The van der Waals surface area contributed by atoms with Crippen LogP contribution >= 0.6 is 0 Å². The van der Waals surface area contributed by atoms with E-state index in [0.717, 1.165) is 16.5 Å². The Hall–Kier alpha value is -1.40. The molecule has 3 rings (SSSR count). The van der Waals surface area contributed by atoms with Gasteiger partial charge < -0.3 is 9.31 Å². The first-order chi connectivity index (χ1) is 9.71. The van der Waals surface area contributed by atoms with E-state index in [2.05, 4.69) is 57.7 Å². The van der Waals surface area contributed by atoms with Gasteiger partial charge in [0.05, 0.1) is 17.4 Å². The quantitative estimate of drug-likeness (QED) is 0.795. The summed E-state index contributed by atoms with van der Waals surface area (Å²) in [6.07, 6.45) is 3.67. The monoisotopic (exact) mass is 287 g/mol. The first-order valence-electron chi connectivity index (χ1n) is 7.40. The van der Waals surface area contributed by atoms with Crippen LogP contribution in [0.4, 0.5) is 0 Å². The second-order valence-corrected chi connectivity index (χ2v) is 6.95. The van der Waals surface area contributed by atoms with Gasteiger partial charge in [-0.05, 0) is 47.6 Å². The maximum absolute atomic E-state index is 6.06. The molecule has 0 N–H and O–H groups in total. The molecular weight excluding hydrogens is 265 g/mol. The molecule has 0 unspecified atom stereocenters. The Morgan fingerprint density at radius 1 is 1.10 bits per heavy atom. The molecule has 5 nitrogen and oxygen atoms in total. The van der Waals surface area contributed by atoms with E-state index in [1.807, 2.05) is 17.1 Å². The maximum Gasteiger partial charge on any atom is 0.496 e. The highest BCUT2D eigenvalue weighted by molar-refractivity contribution is 6.62. The topological polar surface area (TPSA) is 49.2 Å². The summed E-state index contributed by atoms with van der Waals surface area (Å²) in [5.41, 5.74) is 1.15. The first kappa shape index (κ1) is 14.5. The number of hydrogen-bond donors (Lipinski definition) is 0. The predicted molar refractivity (Wildman–Crippen MR) is 83.6 cm³/mol. The minimum atomic E-state index is -0.380. The van der Waals surface area contributed by atoms with E-state index in [-0.39, 0.29) is 24.4 Å². The van der Waals surface area contributed by atoms with Crippen LogP contribution in [0.25, 0.3) is 11.0 Å². The van der Waals surface area contributed by atoms with Crippen LogP contribution in [0.2, 0.25) is 0 Å². The minimum absolute atomic E-state index is 0.290. The Labute approximate surface area is 125 Å². The van der Waals surface area contributed by atoms with Crippen LogP contribution in [0.15, 0.2) is 18.5 Å². The molecular formula is C15H22BN3O2. The number of fused-ring (bicyclic) bond motifs is 1. The molecule has 2 aromatic rings. The highest BCUT2D eigenvalue weighted by Crippen LogP contribution is 2.36. The SMILES string of the molecule is CC(C)n1ncc2cc(B3OC(C)(C)C(C)(C)O3)cnc21. The second kappa shape index (κ2) is 4.55. The van der Waals surface area contributed by atoms with Crippen LogP contribution in [0, 0.1) is 0 Å². The zero-order valence-electron chi connectivity index (χ0n) is 13.5. The molecule has 112 valence electrons. The summed E-state index contributed by atoms with van der Waals surface area (Å²) in [6, 6.07) is 2.34. The first-order valence-corrected chi connectivity index (χ1v) is 7.40. The van der Waals surface area contributed by atoms with Crippen molar-refractivity contribution in [2.45, 2.75) is 58.8 Å². The summed E-state index contributed by atoms with van der Waals surface area (Å²) in [4.78, 5) is 4.54. The molecule has 2 aromatic heterocycles. The fourth-order valence-corrected chi connectivity index (χ4v) is 2.44. The van der Waals surface area contributed by atoms with Gasteiger partial charge in [-0.2, -0.15) is 5.10 Å². The molecule has 1 fully saturated rings. The lowest BCUT2D eigenvalue weighted by molar-refractivity contribution is 0.00578. The fourth-order valence-electron chi connectivity index (χ4n) is 2.44. The van der Waals surface area contributed by atoms with Gasteiger partial charge in [0.25, 0.3) is 0 Å². The lowest BCUT2D eigenvalue weighted by Crippen LogP contribution is -2.41. The largest absolute Gasteiger partial charge is 0.496 e. The molecule has 0 amide bonds. The van der Waals surface area contributed by atoms with Gasteiger partial charge in [-0.25, -0.2) is 9.67 Å². The van der Waals surface area contributed by atoms with E-state index in [1.54, 1.807) is 0 Å². The molecule has 0 aromatic carbocycles. The number of aromatic nitrogens is 3. The fraction of sp³-hybridized carbons (Fsp3) is 0.600. The van der Waals surface area contributed by atoms with Crippen molar-refractivity contribution in [1.82, 2.24) is 14.8 Å². The van der Waals surface area contributed by atoms with Crippen LogP contribution in [-0.4, -0.2) is 33.1 Å². The number of pyridine rings is 1. The van der Waals surface area contributed by atoms with Crippen LogP contribution in [0.5, 0.6) is 0 Å². The van der Waals surface area contributed by atoms with Gasteiger partial charge in [-0.3, -0.25) is 0 Å². The summed E-state index contributed by atoms with van der Waals surface area (Å²) in [5, 5.41) is 5.40. The third-order valence-corrected chi connectivity index (χ3v) is 4.47. The molecule has 3 heterocycles. The molecule has 0 radical (unpaired) electrons. The van der Waals surface area contributed by atoms with Gasteiger partial charge in [0.15, 0.2) is 5.65 Å². The van der Waals surface area contributed by atoms with Gasteiger partial charge >= 0.3 is 7.12 Å². The van der Waals surface area contributed by atoms with Crippen LogP contribution in [0.1, 0.15) is 47.6 Å². The van der Waals surface area contributed by atoms with Gasteiger partial charge in [0.2, 0.25) is 0 Å². The molecule has 0 atom stereocenters. The zero-order chi connectivity index (χ0) is 15.4.